The van der Waals surface area contributed by atoms with E-state index in [0.29, 0.717) is 6.42 Å². The molecule has 2 rings (SSSR count). The van der Waals surface area contributed by atoms with Crippen LogP contribution < -0.4 is 5.32 Å². The third-order valence-electron chi connectivity index (χ3n) is 3.01. The molecule has 112 valence electrons. The highest BCUT2D eigenvalue weighted by molar-refractivity contribution is 14.1. The van der Waals surface area contributed by atoms with Gasteiger partial charge in [0.15, 0.2) is 0 Å². The molecule has 0 atom stereocenters. The van der Waals surface area contributed by atoms with E-state index in [4.69, 9.17) is 4.55 Å². The van der Waals surface area contributed by atoms with E-state index in [1.54, 1.807) is 0 Å². The van der Waals surface area contributed by atoms with Crippen LogP contribution in [0.3, 0.4) is 0 Å². The minimum atomic E-state index is -3.91. The second-order valence-corrected chi connectivity index (χ2v) is 7.42. The summed E-state index contributed by atoms with van der Waals surface area (Å²) >= 11 is 2.21. The van der Waals surface area contributed by atoms with Crippen LogP contribution >= 0.6 is 22.6 Å². The second kappa shape index (κ2) is 7.24. The van der Waals surface area contributed by atoms with Crippen LogP contribution in [0.1, 0.15) is 11.1 Å². The third-order valence-corrected chi connectivity index (χ3v) is 4.62. The number of hydrogen-bond acceptors (Lipinski definition) is 3. The Morgan fingerprint density at radius 2 is 1.76 bits per heavy atom. The van der Waals surface area contributed by atoms with Gasteiger partial charge in [-0.05, 0) is 52.3 Å². The fourth-order valence-electron chi connectivity index (χ4n) is 1.90. The normalized spacial score (nSPS) is 11.3. The van der Waals surface area contributed by atoms with Gasteiger partial charge in [-0.3, -0.25) is 4.55 Å². The standard InChI is InChI=1S/C15H16INO3S/c16-14-10-12(8-9-21(18,19)20)6-7-15(14)17-11-13-4-2-1-3-5-13/h1-7,10,17H,8-9,11H2,(H,18,19,20). The molecule has 0 radical (unpaired) electrons. The Kier molecular flexibility index (Phi) is 5.60. The van der Waals surface area contributed by atoms with Gasteiger partial charge in [-0.1, -0.05) is 36.4 Å². The zero-order valence-electron chi connectivity index (χ0n) is 11.3. The lowest BCUT2D eigenvalue weighted by atomic mass is 10.1. The minimum absolute atomic E-state index is 0.250. The summed E-state index contributed by atoms with van der Waals surface area (Å²) in [5.41, 5.74) is 3.10. The fraction of sp³-hybridized carbons (Fsp3) is 0.200. The maximum absolute atomic E-state index is 10.8. The molecule has 0 bridgehead atoms. The van der Waals surface area contributed by atoms with Gasteiger partial charge in [0.1, 0.15) is 0 Å². The van der Waals surface area contributed by atoms with E-state index in [-0.39, 0.29) is 5.75 Å². The van der Waals surface area contributed by atoms with Crippen LogP contribution in [0.2, 0.25) is 0 Å². The number of nitrogens with one attached hydrogen (secondary N) is 1. The van der Waals surface area contributed by atoms with E-state index in [9.17, 15) is 8.42 Å². The molecule has 0 amide bonds. The van der Waals surface area contributed by atoms with Gasteiger partial charge in [0.05, 0.1) is 5.75 Å². The van der Waals surface area contributed by atoms with Crippen LogP contribution in [0, 0.1) is 3.57 Å². The van der Waals surface area contributed by atoms with Crippen molar-refractivity contribution in [2.75, 3.05) is 11.1 Å². The lowest BCUT2D eigenvalue weighted by Gasteiger charge is -2.10. The summed E-state index contributed by atoms with van der Waals surface area (Å²) in [5, 5.41) is 3.35. The number of rotatable bonds is 6. The summed E-state index contributed by atoms with van der Waals surface area (Å²) in [6.07, 6.45) is 0.313. The van der Waals surface area contributed by atoms with Gasteiger partial charge < -0.3 is 5.32 Å². The molecule has 2 aromatic carbocycles. The second-order valence-electron chi connectivity index (χ2n) is 4.69. The van der Waals surface area contributed by atoms with E-state index in [2.05, 4.69) is 40.0 Å². The Hall–Kier alpha value is -1.12. The van der Waals surface area contributed by atoms with Crippen molar-refractivity contribution in [3.05, 3.63) is 63.2 Å². The SMILES string of the molecule is O=S(=O)(O)CCc1ccc(NCc2ccccc2)c(I)c1. The number of hydrogen-bond donors (Lipinski definition) is 2. The average molecular weight is 417 g/mol. The number of benzene rings is 2. The van der Waals surface area contributed by atoms with Crippen molar-refractivity contribution in [2.24, 2.45) is 0 Å². The minimum Gasteiger partial charge on any atom is -0.380 e. The molecule has 4 nitrogen and oxygen atoms in total. The van der Waals surface area contributed by atoms with Crippen molar-refractivity contribution in [2.45, 2.75) is 13.0 Å². The number of halogens is 1. The summed E-state index contributed by atoms with van der Waals surface area (Å²) < 4.78 is 31.3. The molecule has 0 heterocycles. The highest BCUT2D eigenvalue weighted by Gasteiger charge is 2.07. The van der Waals surface area contributed by atoms with Gasteiger partial charge in [-0.2, -0.15) is 8.42 Å². The molecule has 21 heavy (non-hydrogen) atoms. The van der Waals surface area contributed by atoms with E-state index < -0.39 is 10.1 Å². The predicted octanol–water partition coefficient (Wildman–Crippen LogP) is 3.33. The average Bonchev–Trinajstić information content (AvgIpc) is 2.44. The largest absolute Gasteiger partial charge is 0.380 e. The van der Waals surface area contributed by atoms with Gasteiger partial charge in [0.25, 0.3) is 10.1 Å². The summed E-state index contributed by atoms with van der Waals surface area (Å²) in [6, 6.07) is 15.8. The van der Waals surface area contributed by atoms with E-state index in [0.717, 1.165) is 21.4 Å². The molecule has 0 saturated heterocycles. The van der Waals surface area contributed by atoms with Crippen LogP contribution in [-0.4, -0.2) is 18.7 Å². The highest BCUT2D eigenvalue weighted by Crippen LogP contribution is 2.21. The summed E-state index contributed by atoms with van der Waals surface area (Å²) in [4.78, 5) is 0. The molecule has 0 aromatic heterocycles. The first-order chi connectivity index (χ1) is 9.94. The van der Waals surface area contributed by atoms with Crippen molar-refractivity contribution in [1.29, 1.82) is 0 Å². The van der Waals surface area contributed by atoms with Gasteiger partial charge in [-0.25, -0.2) is 0 Å². The van der Waals surface area contributed by atoms with Crippen molar-refractivity contribution >= 4 is 38.4 Å². The van der Waals surface area contributed by atoms with E-state index in [1.807, 2.05) is 36.4 Å². The molecular formula is C15H16INO3S. The first kappa shape index (κ1) is 16.3. The lowest BCUT2D eigenvalue weighted by Crippen LogP contribution is -2.07. The molecule has 0 aliphatic heterocycles. The first-order valence-electron chi connectivity index (χ1n) is 6.45. The summed E-state index contributed by atoms with van der Waals surface area (Å²) in [6.45, 7) is 0.737. The molecule has 0 unspecified atom stereocenters. The zero-order valence-corrected chi connectivity index (χ0v) is 14.3. The van der Waals surface area contributed by atoms with Gasteiger partial charge in [-0.15, -0.1) is 0 Å². The van der Waals surface area contributed by atoms with Crippen molar-refractivity contribution in [3.8, 4) is 0 Å². The molecule has 0 spiro atoms. The van der Waals surface area contributed by atoms with Crippen molar-refractivity contribution in [1.82, 2.24) is 0 Å². The predicted molar refractivity (Wildman–Crippen MR) is 93.0 cm³/mol. The Bertz CT molecular complexity index is 702. The quantitative estimate of drug-likeness (QED) is 0.559. The molecule has 0 aliphatic rings. The molecule has 6 heteroatoms. The van der Waals surface area contributed by atoms with Crippen molar-refractivity contribution in [3.63, 3.8) is 0 Å². The highest BCUT2D eigenvalue weighted by atomic mass is 127. The Morgan fingerprint density at radius 3 is 2.38 bits per heavy atom. The Morgan fingerprint density at radius 1 is 1.05 bits per heavy atom. The van der Waals surface area contributed by atoms with Gasteiger partial charge in [0, 0.05) is 15.8 Å². The Labute approximate surface area is 138 Å². The van der Waals surface area contributed by atoms with Crippen molar-refractivity contribution < 1.29 is 13.0 Å². The number of aryl methyl sites for hydroxylation is 1. The Balaban J connectivity index is 1.99. The van der Waals surface area contributed by atoms with Gasteiger partial charge in [0.2, 0.25) is 0 Å². The molecule has 0 saturated carbocycles. The molecule has 0 aliphatic carbocycles. The maximum Gasteiger partial charge on any atom is 0.265 e. The number of anilines is 1. The maximum atomic E-state index is 10.8. The van der Waals surface area contributed by atoms with Crippen LogP contribution in [-0.2, 0) is 23.1 Å². The van der Waals surface area contributed by atoms with Crippen LogP contribution in [0.25, 0.3) is 0 Å². The summed E-state index contributed by atoms with van der Waals surface area (Å²) in [7, 11) is -3.91. The van der Waals surface area contributed by atoms with Gasteiger partial charge >= 0.3 is 0 Å². The summed E-state index contributed by atoms with van der Waals surface area (Å²) in [5.74, 6) is -0.250. The van der Waals surface area contributed by atoms with Crippen LogP contribution in [0.15, 0.2) is 48.5 Å². The molecule has 0 fully saturated rings. The zero-order chi connectivity index (χ0) is 15.3. The third kappa shape index (κ3) is 5.64. The topological polar surface area (TPSA) is 66.4 Å². The molecule has 2 aromatic rings. The van der Waals surface area contributed by atoms with E-state index >= 15 is 0 Å². The monoisotopic (exact) mass is 417 g/mol. The van der Waals surface area contributed by atoms with E-state index in [1.165, 1.54) is 5.56 Å². The molecular weight excluding hydrogens is 401 g/mol. The molecule has 2 N–H and O–H groups in total. The smallest absolute Gasteiger partial charge is 0.265 e. The lowest BCUT2D eigenvalue weighted by molar-refractivity contribution is 0.482. The first-order valence-corrected chi connectivity index (χ1v) is 9.14. The fourth-order valence-corrected chi connectivity index (χ4v) is 3.16. The van der Waals surface area contributed by atoms with Crippen LogP contribution in [0.5, 0.6) is 0 Å². The van der Waals surface area contributed by atoms with Crippen LogP contribution in [0.4, 0.5) is 5.69 Å².